The van der Waals surface area contributed by atoms with Crippen LogP contribution in [0.3, 0.4) is 0 Å². The minimum Gasteiger partial charge on any atom is -0.314 e. The van der Waals surface area contributed by atoms with E-state index in [2.05, 4.69) is 77.8 Å². The van der Waals surface area contributed by atoms with Gasteiger partial charge in [-0.25, -0.2) is 0 Å². The van der Waals surface area contributed by atoms with Crippen molar-refractivity contribution in [2.24, 2.45) is 0 Å². The Kier molecular flexibility index (Phi) is 6.45. The summed E-state index contributed by atoms with van der Waals surface area (Å²) in [6, 6.07) is 22.6. The normalized spacial score (nSPS) is 16.6. The minimum atomic E-state index is 0.482. The third-order valence-electron chi connectivity index (χ3n) is 5.30. The van der Waals surface area contributed by atoms with Gasteiger partial charge in [0.05, 0.1) is 0 Å². The fraction of sp³-hybridized carbons (Fsp3) is 0.455. The van der Waals surface area contributed by atoms with Crippen molar-refractivity contribution in [2.75, 3.05) is 26.2 Å². The lowest BCUT2D eigenvalue weighted by Crippen LogP contribution is -2.42. The smallest absolute Gasteiger partial charge is 0.0101 e. The van der Waals surface area contributed by atoms with Crippen molar-refractivity contribution in [3.05, 3.63) is 71.8 Å². The van der Waals surface area contributed by atoms with Crippen molar-refractivity contribution in [2.45, 2.75) is 38.1 Å². The van der Waals surface area contributed by atoms with Crippen LogP contribution in [0, 0.1) is 0 Å². The molecule has 2 aromatic rings. The van der Waals surface area contributed by atoms with Gasteiger partial charge in [0, 0.05) is 12.0 Å². The molecule has 1 saturated heterocycles. The predicted molar refractivity (Wildman–Crippen MR) is 102 cm³/mol. The lowest BCUT2D eigenvalue weighted by molar-refractivity contribution is 0.206. The summed E-state index contributed by atoms with van der Waals surface area (Å²) in [6.45, 7) is 7.03. The van der Waals surface area contributed by atoms with Crippen LogP contribution in [0.2, 0.25) is 0 Å². The average molecular weight is 322 g/mol. The molecular weight excluding hydrogens is 292 g/mol. The third-order valence-corrected chi connectivity index (χ3v) is 5.30. The Bertz CT molecular complexity index is 534. The summed E-state index contributed by atoms with van der Waals surface area (Å²) in [5.74, 6) is 0.482. The molecule has 0 atom stereocenters. The van der Waals surface area contributed by atoms with E-state index in [9.17, 15) is 0 Å². The van der Waals surface area contributed by atoms with Gasteiger partial charge in [0.1, 0.15) is 0 Å². The van der Waals surface area contributed by atoms with Crippen molar-refractivity contribution in [3.8, 4) is 0 Å². The fourth-order valence-corrected chi connectivity index (χ4v) is 3.78. The largest absolute Gasteiger partial charge is 0.314 e. The fourth-order valence-electron chi connectivity index (χ4n) is 3.78. The van der Waals surface area contributed by atoms with Crippen molar-refractivity contribution >= 4 is 0 Å². The Morgan fingerprint density at radius 1 is 0.917 bits per heavy atom. The van der Waals surface area contributed by atoms with Crippen LogP contribution in [0.5, 0.6) is 0 Å². The summed E-state index contributed by atoms with van der Waals surface area (Å²) >= 11 is 0. The van der Waals surface area contributed by atoms with Gasteiger partial charge in [-0.3, -0.25) is 0 Å². The minimum absolute atomic E-state index is 0.482. The molecule has 2 heteroatoms. The van der Waals surface area contributed by atoms with E-state index in [4.69, 9.17) is 0 Å². The summed E-state index contributed by atoms with van der Waals surface area (Å²) in [5.41, 5.74) is 2.85. The lowest BCUT2D eigenvalue weighted by Gasteiger charge is -2.32. The molecule has 2 aromatic carbocycles. The molecule has 0 aliphatic carbocycles. The van der Waals surface area contributed by atoms with Gasteiger partial charge in [-0.2, -0.15) is 0 Å². The molecule has 3 rings (SSSR count). The molecule has 0 radical (unpaired) electrons. The number of likely N-dealkylation sites (tertiary alicyclic amines) is 1. The van der Waals surface area contributed by atoms with Gasteiger partial charge in [0.15, 0.2) is 0 Å². The van der Waals surface area contributed by atoms with Crippen molar-refractivity contribution < 1.29 is 0 Å². The maximum absolute atomic E-state index is 3.81. The first-order chi connectivity index (χ1) is 11.9. The van der Waals surface area contributed by atoms with Crippen molar-refractivity contribution in [3.63, 3.8) is 0 Å². The number of hydrogen-bond donors (Lipinski definition) is 1. The molecule has 1 aliphatic rings. The number of nitrogens with zero attached hydrogens (tertiary/aromatic N) is 1. The first-order valence-corrected chi connectivity index (χ1v) is 9.42. The Morgan fingerprint density at radius 3 is 1.96 bits per heavy atom. The molecular formula is C22H30N2. The highest BCUT2D eigenvalue weighted by atomic mass is 15.1. The highest BCUT2D eigenvalue weighted by Crippen LogP contribution is 2.27. The summed E-state index contributed by atoms with van der Waals surface area (Å²) in [5, 5.41) is 3.81. The van der Waals surface area contributed by atoms with Crippen LogP contribution in [0.1, 0.15) is 43.2 Å². The first kappa shape index (κ1) is 17.2. The van der Waals surface area contributed by atoms with Crippen LogP contribution < -0.4 is 5.32 Å². The number of rotatable bonds is 7. The Labute approximate surface area is 146 Å². The van der Waals surface area contributed by atoms with Gasteiger partial charge in [-0.15, -0.1) is 0 Å². The van der Waals surface area contributed by atoms with Crippen LogP contribution in [0.4, 0.5) is 0 Å². The summed E-state index contributed by atoms with van der Waals surface area (Å²) in [4.78, 5) is 2.55. The van der Waals surface area contributed by atoms with Crippen LogP contribution in [0.15, 0.2) is 60.7 Å². The van der Waals surface area contributed by atoms with Gasteiger partial charge in [-0.1, -0.05) is 67.6 Å². The molecule has 128 valence electrons. The molecule has 0 saturated carbocycles. The van der Waals surface area contributed by atoms with E-state index in [-0.39, 0.29) is 0 Å². The van der Waals surface area contributed by atoms with Crippen LogP contribution in [-0.2, 0) is 0 Å². The van der Waals surface area contributed by atoms with Gasteiger partial charge < -0.3 is 10.2 Å². The van der Waals surface area contributed by atoms with Crippen molar-refractivity contribution in [1.82, 2.24) is 10.2 Å². The Morgan fingerprint density at radius 2 is 1.46 bits per heavy atom. The van der Waals surface area contributed by atoms with E-state index in [0.29, 0.717) is 12.0 Å². The number of nitrogens with one attached hydrogen (secondary N) is 1. The van der Waals surface area contributed by atoms with E-state index in [1.165, 1.54) is 43.6 Å². The molecule has 1 heterocycles. The van der Waals surface area contributed by atoms with Crippen molar-refractivity contribution in [1.29, 1.82) is 0 Å². The second-order valence-corrected chi connectivity index (χ2v) is 6.83. The molecule has 0 bridgehead atoms. The highest BCUT2D eigenvalue weighted by Gasteiger charge is 2.18. The predicted octanol–water partition coefficient (Wildman–Crippen LogP) is 4.28. The zero-order chi connectivity index (χ0) is 16.6. The van der Waals surface area contributed by atoms with Crippen LogP contribution in [0.25, 0.3) is 0 Å². The summed E-state index contributed by atoms with van der Waals surface area (Å²) in [6.07, 6.45) is 3.73. The van der Waals surface area contributed by atoms with Gasteiger partial charge >= 0.3 is 0 Å². The first-order valence-electron chi connectivity index (χ1n) is 9.42. The number of piperidine rings is 1. The Balaban J connectivity index is 1.57. The van der Waals surface area contributed by atoms with E-state index < -0.39 is 0 Å². The molecule has 0 spiro atoms. The highest BCUT2D eigenvalue weighted by molar-refractivity contribution is 5.32. The number of benzene rings is 2. The summed E-state index contributed by atoms with van der Waals surface area (Å²) in [7, 11) is 0. The molecule has 2 nitrogen and oxygen atoms in total. The number of hydrogen-bond acceptors (Lipinski definition) is 2. The molecule has 1 aliphatic heterocycles. The quantitative estimate of drug-likeness (QED) is 0.818. The molecule has 0 amide bonds. The molecule has 1 fully saturated rings. The molecule has 24 heavy (non-hydrogen) atoms. The SMILES string of the molecule is CCN1CCC(NCCC(c2ccccc2)c2ccccc2)CC1. The van der Waals surface area contributed by atoms with Crippen LogP contribution >= 0.6 is 0 Å². The molecule has 1 N–H and O–H groups in total. The van der Waals surface area contributed by atoms with Gasteiger partial charge in [-0.05, 0) is 56.6 Å². The van der Waals surface area contributed by atoms with Crippen LogP contribution in [-0.4, -0.2) is 37.1 Å². The topological polar surface area (TPSA) is 15.3 Å². The Hall–Kier alpha value is -1.64. The zero-order valence-electron chi connectivity index (χ0n) is 14.8. The van der Waals surface area contributed by atoms with E-state index >= 15 is 0 Å². The van der Waals surface area contributed by atoms with E-state index in [1.807, 2.05) is 0 Å². The maximum atomic E-state index is 3.81. The maximum Gasteiger partial charge on any atom is 0.0101 e. The molecule has 0 aromatic heterocycles. The van der Waals surface area contributed by atoms with E-state index in [0.717, 1.165) is 13.0 Å². The zero-order valence-corrected chi connectivity index (χ0v) is 14.8. The van der Waals surface area contributed by atoms with E-state index in [1.54, 1.807) is 0 Å². The van der Waals surface area contributed by atoms with Gasteiger partial charge in [0.25, 0.3) is 0 Å². The second kappa shape index (κ2) is 9.00. The summed E-state index contributed by atoms with van der Waals surface area (Å²) < 4.78 is 0. The second-order valence-electron chi connectivity index (χ2n) is 6.83. The average Bonchev–Trinajstić information content (AvgIpc) is 2.67. The lowest BCUT2D eigenvalue weighted by atomic mass is 9.88. The monoisotopic (exact) mass is 322 g/mol. The molecule has 0 unspecified atom stereocenters. The van der Waals surface area contributed by atoms with Gasteiger partial charge in [0.2, 0.25) is 0 Å². The standard InChI is InChI=1S/C22H30N2/c1-2-24-17-14-21(15-18-24)23-16-13-22(19-9-5-3-6-10-19)20-11-7-4-8-12-20/h3-12,21-23H,2,13-18H2,1H3. The third kappa shape index (κ3) is 4.68.